The maximum absolute atomic E-state index is 6.43. The molecular weight excluding hydrogens is 1520 g/mol. The second-order valence-corrected chi connectivity index (χ2v) is 34.5. The van der Waals surface area contributed by atoms with Crippen molar-refractivity contribution in [3.05, 3.63) is 431 Å². The Labute approximate surface area is 708 Å². The highest BCUT2D eigenvalue weighted by Crippen LogP contribution is 2.51. The van der Waals surface area contributed by atoms with E-state index in [4.69, 9.17) is 4.42 Å². The zero-order valence-corrected chi connectivity index (χ0v) is 67.9. The average molecular weight is 1600 g/mol. The van der Waals surface area contributed by atoms with Crippen LogP contribution in [0.25, 0.3) is 179 Å². The minimum absolute atomic E-state index is 0.928. The second-order valence-electron chi connectivity index (χ2n) is 31.2. The first kappa shape index (κ1) is 70.3. The third kappa shape index (κ3) is 11.8. The number of rotatable bonds is 9. The van der Waals surface area contributed by atoms with E-state index < -0.39 is 0 Å². The summed E-state index contributed by atoms with van der Waals surface area (Å²) < 4.78 is 14.4. The molecule has 26 rings (SSSR count). The van der Waals surface area contributed by atoms with Crippen LogP contribution in [0.15, 0.2) is 435 Å². The summed E-state index contributed by atoms with van der Waals surface area (Å²) in [6.07, 6.45) is 0. The summed E-state index contributed by atoms with van der Waals surface area (Å²) in [7, 11) is 0. The van der Waals surface area contributed by atoms with Crippen molar-refractivity contribution in [1.29, 1.82) is 0 Å². The van der Waals surface area contributed by atoms with Crippen molar-refractivity contribution < 1.29 is 4.42 Å². The summed E-state index contributed by atoms with van der Waals surface area (Å²) in [5.41, 5.74) is 12.3. The first-order valence-corrected chi connectivity index (χ1v) is 43.6. The molecule has 0 spiro atoms. The largest absolute Gasteiger partial charge is 0.455 e. The number of benzene rings is 22. The van der Waals surface area contributed by atoms with Gasteiger partial charge in [-0.15, -0.1) is 34.0 Å². The SMILES string of the molecule is c1ccc(N(c2ccc3c(ccc4ccc5c(ccc6sc7ccccc7c65)c43)c2)c2cccc3sc4ccccc4c23)cc1.c1ccc(N(c2ccccc2)c2ccc3c(ccc4c3c3ccccc3c3oc5ccccc5c43)c2)cc1.c1ccc(N(c2ccccc2)c2ccc3c(ccc4ccc5c(ccc6sc7ccccc7c65)c43)c2)cc1. The molecule has 566 valence electrons. The quantitative estimate of drug-likeness (QED) is 0.134. The number of fused-ring (bicyclic) bond motifs is 31. The van der Waals surface area contributed by atoms with Crippen molar-refractivity contribution in [3.63, 3.8) is 0 Å². The topological polar surface area (TPSA) is 22.9 Å². The fraction of sp³-hybridized carbons (Fsp3) is 0. The van der Waals surface area contributed by atoms with Gasteiger partial charge in [0.15, 0.2) is 0 Å². The molecule has 26 aromatic rings. The molecule has 0 aliphatic heterocycles. The molecule has 7 heteroatoms. The minimum Gasteiger partial charge on any atom is -0.455 e. The van der Waals surface area contributed by atoms with E-state index in [0.29, 0.717) is 0 Å². The van der Waals surface area contributed by atoms with Gasteiger partial charge in [0, 0.05) is 122 Å². The smallest absolute Gasteiger partial charge is 0.143 e. The molecule has 0 fully saturated rings. The van der Waals surface area contributed by atoms with Crippen LogP contribution in [-0.4, -0.2) is 0 Å². The Hall–Kier alpha value is -15.0. The highest BCUT2D eigenvalue weighted by Gasteiger charge is 2.24. The summed E-state index contributed by atoms with van der Waals surface area (Å²) in [5.74, 6) is 0. The molecule has 0 bridgehead atoms. The van der Waals surface area contributed by atoms with Crippen molar-refractivity contribution >= 4 is 265 Å². The summed E-state index contributed by atoms with van der Waals surface area (Å²) in [5, 5.41) is 33.3. The number of para-hydroxylation sites is 6. The van der Waals surface area contributed by atoms with Gasteiger partial charge in [-0.2, -0.15) is 0 Å². The predicted molar refractivity (Wildman–Crippen MR) is 527 cm³/mol. The average Bonchev–Trinajstić information content (AvgIpc) is 1.60. The summed E-state index contributed by atoms with van der Waals surface area (Å²) >= 11 is 5.63. The molecule has 0 unspecified atom stereocenters. The molecule has 0 aliphatic carbocycles. The van der Waals surface area contributed by atoms with E-state index in [1.54, 1.807) is 0 Å². The van der Waals surface area contributed by atoms with Crippen molar-refractivity contribution in [2.45, 2.75) is 0 Å². The molecule has 0 saturated carbocycles. The lowest BCUT2D eigenvalue weighted by Crippen LogP contribution is -2.10. The molecule has 0 saturated heterocycles. The Morgan fingerprint density at radius 3 is 0.934 bits per heavy atom. The van der Waals surface area contributed by atoms with Crippen LogP contribution in [0.1, 0.15) is 0 Å². The van der Waals surface area contributed by atoms with E-state index in [0.717, 1.165) is 67.4 Å². The number of hydrogen-bond acceptors (Lipinski definition) is 7. The van der Waals surface area contributed by atoms with Crippen molar-refractivity contribution in [2.75, 3.05) is 14.7 Å². The third-order valence-electron chi connectivity index (χ3n) is 24.4. The number of anilines is 9. The third-order valence-corrected chi connectivity index (χ3v) is 27.8. The van der Waals surface area contributed by atoms with Gasteiger partial charge in [0.25, 0.3) is 0 Å². The van der Waals surface area contributed by atoms with Crippen molar-refractivity contribution in [1.82, 2.24) is 0 Å². The van der Waals surface area contributed by atoms with Gasteiger partial charge in [0.1, 0.15) is 11.2 Å². The number of furan rings is 1. The second kappa shape index (κ2) is 29.0. The monoisotopic (exact) mass is 1590 g/mol. The van der Waals surface area contributed by atoms with Gasteiger partial charge in [0.05, 0.1) is 5.69 Å². The van der Waals surface area contributed by atoms with Crippen LogP contribution < -0.4 is 14.7 Å². The normalized spacial score (nSPS) is 11.8. The Kier molecular flexibility index (Phi) is 16.8. The van der Waals surface area contributed by atoms with Crippen molar-refractivity contribution in [2.24, 2.45) is 0 Å². The predicted octanol–water partition coefficient (Wildman–Crippen LogP) is 34.9. The van der Waals surface area contributed by atoms with Gasteiger partial charge in [-0.05, 0) is 237 Å². The summed E-state index contributed by atoms with van der Waals surface area (Å²) in [6.45, 7) is 0. The molecule has 0 aliphatic rings. The standard InChI is InChI=1S/C42H25NS2.C36H23NO.C36H23NS/c1-2-9-28(10-3-1)43(35-13-8-16-38-42(35)34-12-5-7-15-37(34)44-38)29-20-22-30-27(25-29)18-17-26-19-21-32-31(40(26)30)23-24-39-41(32)33-11-4-6-14-36(33)45-39;1-3-11-25(12-4-1)37(26-13-5-2-6-14-26)27-20-22-28-24(23-27)19-21-32-34(28)29-15-7-8-16-30(29)36-35(32)31-17-9-10-18-33(31)38-36;1-3-9-26(10-4-1)37(27-11-5-2-6-12-27)28-18-20-29-25(23-28)16-15-24-17-19-31-30(35(24)29)21-22-34-36(31)32-13-7-8-14-33(32)38-34/h1-25H;2*1-23H. The molecule has 4 heterocycles. The van der Waals surface area contributed by atoms with Crippen LogP contribution in [0, 0.1) is 0 Å². The van der Waals surface area contributed by atoms with Gasteiger partial charge in [0.2, 0.25) is 0 Å². The molecule has 121 heavy (non-hydrogen) atoms. The van der Waals surface area contributed by atoms with E-state index in [9.17, 15) is 0 Å². The number of hydrogen-bond donors (Lipinski definition) is 0. The Morgan fingerprint density at radius 2 is 0.463 bits per heavy atom. The van der Waals surface area contributed by atoms with Gasteiger partial charge < -0.3 is 19.1 Å². The maximum atomic E-state index is 6.43. The van der Waals surface area contributed by atoms with Gasteiger partial charge in [-0.3, -0.25) is 0 Å². The van der Waals surface area contributed by atoms with E-state index in [1.165, 1.54) is 163 Å². The van der Waals surface area contributed by atoms with Gasteiger partial charge in [-0.25, -0.2) is 0 Å². The Balaban J connectivity index is 0.000000103. The maximum Gasteiger partial charge on any atom is 0.143 e. The molecule has 0 radical (unpaired) electrons. The van der Waals surface area contributed by atoms with Crippen LogP contribution in [0.2, 0.25) is 0 Å². The number of thiophene rings is 3. The van der Waals surface area contributed by atoms with E-state index in [-0.39, 0.29) is 0 Å². The van der Waals surface area contributed by atoms with Crippen LogP contribution in [0.4, 0.5) is 51.2 Å². The van der Waals surface area contributed by atoms with E-state index in [2.05, 4.69) is 439 Å². The van der Waals surface area contributed by atoms with E-state index in [1.807, 2.05) is 40.1 Å². The first-order chi connectivity index (χ1) is 60.0. The zero-order chi connectivity index (χ0) is 79.6. The molecule has 0 N–H and O–H groups in total. The molecule has 0 amide bonds. The summed E-state index contributed by atoms with van der Waals surface area (Å²) in [6, 6.07) is 156. The minimum atomic E-state index is 0.928. The lowest BCUT2D eigenvalue weighted by molar-refractivity contribution is 0.673. The molecular formula is C114H71N3OS3. The molecule has 0 atom stereocenters. The van der Waals surface area contributed by atoms with Crippen LogP contribution in [-0.2, 0) is 0 Å². The molecule has 4 nitrogen and oxygen atoms in total. The highest BCUT2D eigenvalue weighted by atomic mass is 32.1. The summed E-state index contributed by atoms with van der Waals surface area (Å²) in [4.78, 5) is 7.07. The fourth-order valence-corrected chi connectivity index (χ4v) is 22.5. The van der Waals surface area contributed by atoms with Crippen LogP contribution in [0.3, 0.4) is 0 Å². The highest BCUT2D eigenvalue weighted by molar-refractivity contribution is 7.26. The Morgan fingerprint density at radius 1 is 0.157 bits per heavy atom. The molecule has 22 aromatic carbocycles. The van der Waals surface area contributed by atoms with E-state index >= 15 is 0 Å². The van der Waals surface area contributed by atoms with Crippen LogP contribution in [0.5, 0.6) is 0 Å². The van der Waals surface area contributed by atoms with Crippen molar-refractivity contribution in [3.8, 4) is 0 Å². The fourth-order valence-electron chi connectivity index (χ4n) is 19.1. The number of nitrogens with zero attached hydrogens (tertiary/aromatic N) is 3. The lowest BCUT2D eigenvalue weighted by atomic mass is 9.92. The zero-order valence-electron chi connectivity index (χ0n) is 65.5. The first-order valence-electron chi connectivity index (χ1n) is 41.2. The van der Waals surface area contributed by atoms with Crippen LogP contribution >= 0.6 is 34.0 Å². The lowest BCUT2D eigenvalue weighted by Gasteiger charge is -2.27. The van der Waals surface area contributed by atoms with Gasteiger partial charge >= 0.3 is 0 Å². The molecule has 4 aromatic heterocycles. The van der Waals surface area contributed by atoms with Gasteiger partial charge in [-0.1, -0.05) is 285 Å². The Bertz CT molecular complexity index is 8540.